The van der Waals surface area contributed by atoms with Crippen molar-refractivity contribution in [2.75, 3.05) is 18.0 Å². The topological polar surface area (TPSA) is 88.8 Å². The van der Waals surface area contributed by atoms with Gasteiger partial charge < -0.3 is 10.2 Å². The normalized spacial score (nSPS) is 19.7. The van der Waals surface area contributed by atoms with E-state index < -0.39 is 0 Å². The lowest BCUT2D eigenvalue weighted by molar-refractivity contribution is 0.0992. The van der Waals surface area contributed by atoms with Crippen molar-refractivity contribution in [2.45, 2.75) is 24.9 Å². The summed E-state index contributed by atoms with van der Waals surface area (Å²) in [5.41, 5.74) is 3.23. The highest BCUT2D eigenvalue weighted by Gasteiger charge is 2.38. The number of ketones is 1. The van der Waals surface area contributed by atoms with Crippen molar-refractivity contribution in [1.82, 2.24) is 30.0 Å². The molecular formula is C24H23N7O. The van der Waals surface area contributed by atoms with Crippen molar-refractivity contribution in [1.29, 1.82) is 0 Å². The van der Waals surface area contributed by atoms with E-state index in [0.717, 1.165) is 53.1 Å². The van der Waals surface area contributed by atoms with Gasteiger partial charge in [0.25, 0.3) is 0 Å². The molecule has 6 rings (SSSR count). The Hall–Kier alpha value is -3.65. The standard InChI is InChI=1S/C24H23N7O/c1-30-13-18(11-29-30)22-5-16-4-19(26-9-17(16)10-28-22)8-23(32)15-2-3-25-24(6-15)31-14-20-7-21(31)12-27-20/h2-6,9-11,13,20-21,27H,7-8,12,14H2,1H3. The predicted molar refractivity (Wildman–Crippen MR) is 122 cm³/mol. The minimum Gasteiger partial charge on any atom is -0.351 e. The summed E-state index contributed by atoms with van der Waals surface area (Å²) in [5, 5.41) is 9.67. The fourth-order valence-electron chi connectivity index (χ4n) is 4.75. The highest BCUT2D eigenvalue weighted by atomic mass is 16.1. The molecule has 2 aliphatic heterocycles. The first-order valence-electron chi connectivity index (χ1n) is 10.9. The van der Waals surface area contributed by atoms with Gasteiger partial charge in [-0.15, -0.1) is 0 Å². The Morgan fingerprint density at radius 3 is 2.81 bits per heavy atom. The maximum atomic E-state index is 13.0. The molecule has 1 N–H and O–H groups in total. The van der Waals surface area contributed by atoms with Gasteiger partial charge in [0, 0.05) is 79.2 Å². The van der Waals surface area contributed by atoms with Crippen LogP contribution in [0.1, 0.15) is 22.5 Å². The molecular weight excluding hydrogens is 402 g/mol. The number of aryl methyl sites for hydroxylation is 1. The van der Waals surface area contributed by atoms with Crippen LogP contribution in [-0.4, -0.2) is 55.7 Å². The Morgan fingerprint density at radius 2 is 2.03 bits per heavy atom. The van der Waals surface area contributed by atoms with Crippen LogP contribution in [0.3, 0.4) is 0 Å². The highest BCUT2D eigenvalue weighted by Crippen LogP contribution is 2.28. The molecule has 0 saturated carbocycles. The first-order chi connectivity index (χ1) is 15.6. The molecule has 160 valence electrons. The molecule has 6 heterocycles. The third-order valence-electron chi connectivity index (χ3n) is 6.42. The van der Waals surface area contributed by atoms with Crippen LogP contribution < -0.4 is 10.2 Å². The minimum absolute atomic E-state index is 0.0459. The summed E-state index contributed by atoms with van der Waals surface area (Å²) >= 11 is 0. The number of carbonyl (C=O) groups excluding carboxylic acids is 1. The number of nitrogens with zero attached hydrogens (tertiary/aromatic N) is 6. The molecule has 2 saturated heterocycles. The number of nitrogens with one attached hydrogen (secondary N) is 1. The molecule has 0 radical (unpaired) electrons. The summed E-state index contributed by atoms with van der Waals surface area (Å²) in [6.45, 7) is 1.94. The van der Waals surface area contributed by atoms with Crippen LogP contribution in [-0.2, 0) is 13.5 Å². The number of aromatic nitrogens is 5. The fraction of sp³-hybridized carbons (Fsp3) is 0.292. The van der Waals surface area contributed by atoms with E-state index >= 15 is 0 Å². The van der Waals surface area contributed by atoms with Crippen molar-refractivity contribution >= 4 is 22.4 Å². The predicted octanol–water partition coefficient (Wildman–Crippen LogP) is 2.40. The molecule has 4 aromatic heterocycles. The molecule has 32 heavy (non-hydrogen) atoms. The third-order valence-corrected chi connectivity index (χ3v) is 6.42. The van der Waals surface area contributed by atoms with Gasteiger partial charge in [-0.25, -0.2) is 4.98 Å². The molecule has 2 aliphatic rings. The van der Waals surface area contributed by atoms with E-state index in [2.05, 4.69) is 30.3 Å². The fourth-order valence-corrected chi connectivity index (χ4v) is 4.75. The van der Waals surface area contributed by atoms with Crippen LogP contribution in [0.2, 0.25) is 0 Å². The van der Waals surface area contributed by atoms with Crippen LogP contribution in [0.15, 0.2) is 55.2 Å². The second-order valence-electron chi connectivity index (χ2n) is 8.64. The summed E-state index contributed by atoms with van der Waals surface area (Å²) in [7, 11) is 1.88. The van der Waals surface area contributed by atoms with Gasteiger partial charge in [0.05, 0.1) is 18.3 Å². The van der Waals surface area contributed by atoms with Crippen molar-refractivity contribution in [2.24, 2.45) is 7.05 Å². The zero-order chi connectivity index (χ0) is 21.7. The zero-order valence-corrected chi connectivity index (χ0v) is 17.8. The van der Waals surface area contributed by atoms with E-state index in [-0.39, 0.29) is 12.2 Å². The third kappa shape index (κ3) is 3.42. The zero-order valence-electron chi connectivity index (χ0n) is 17.8. The smallest absolute Gasteiger partial charge is 0.169 e. The van der Waals surface area contributed by atoms with Gasteiger partial charge in [0.1, 0.15) is 5.82 Å². The molecule has 0 amide bonds. The Balaban J connectivity index is 1.24. The maximum absolute atomic E-state index is 13.0. The molecule has 0 aliphatic carbocycles. The number of fused-ring (bicyclic) bond motifs is 3. The number of hydrogen-bond acceptors (Lipinski definition) is 7. The number of carbonyl (C=O) groups is 1. The molecule has 2 atom stereocenters. The van der Waals surface area contributed by atoms with Crippen LogP contribution in [0.4, 0.5) is 5.82 Å². The molecule has 2 unspecified atom stereocenters. The molecule has 0 aromatic carbocycles. The monoisotopic (exact) mass is 425 g/mol. The van der Waals surface area contributed by atoms with E-state index in [4.69, 9.17) is 0 Å². The minimum atomic E-state index is 0.0459. The second-order valence-corrected chi connectivity index (χ2v) is 8.64. The second kappa shape index (κ2) is 7.49. The van der Waals surface area contributed by atoms with Crippen LogP contribution in [0.5, 0.6) is 0 Å². The largest absolute Gasteiger partial charge is 0.351 e. The van der Waals surface area contributed by atoms with E-state index in [1.807, 2.05) is 37.6 Å². The Labute approximate surface area is 185 Å². The number of rotatable bonds is 5. The summed E-state index contributed by atoms with van der Waals surface area (Å²) in [4.78, 5) is 28.9. The van der Waals surface area contributed by atoms with Crippen LogP contribution in [0.25, 0.3) is 22.0 Å². The number of hydrogen-bond donors (Lipinski definition) is 1. The quantitative estimate of drug-likeness (QED) is 0.491. The lowest BCUT2D eigenvalue weighted by atomic mass is 10.0. The van der Waals surface area contributed by atoms with Gasteiger partial charge in [0.15, 0.2) is 5.78 Å². The summed E-state index contributed by atoms with van der Waals surface area (Å²) in [6, 6.07) is 8.72. The molecule has 8 heteroatoms. The van der Waals surface area contributed by atoms with E-state index in [1.54, 1.807) is 29.3 Å². The summed E-state index contributed by atoms with van der Waals surface area (Å²) in [5.74, 6) is 0.938. The van der Waals surface area contributed by atoms with E-state index in [0.29, 0.717) is 17.6 Å². The Bertz CT molecular complexity index is 1330. The van der Waals surface area contributed by atoms with Gasteiger partial charge in [-0.05, 0) is 36.1 Å². The van der Waals surface area contributed by atoms with Crippen molar-refractivity contribution in [3.8, 4) is 11.3 Å². The molecule has 4 aromatic rings. The lowest BCUT2D eigenvalue weighted by Gasteiger charge is -2.28. The Morgan fingerprint density at radius 1 is 1.12 bits per heavy atom. The SMILES string of the molecule is Cn1cc(-c2cc3cc(CC(=O)c4ccnc(N5CC6CC5CN6)c4)ncc3cn2)cn1. The maximum Gasteiger partial charge on any atom is 0.169 e. The number of piperazine rings is 1. The molecule has 2 bridgehead atoms. The molecule has 0 spiro atoms. The van der Waals surface area contributed by atoms with Gasteiger partial charge in [-0.3, -0.25) is 19.4 Å². The summed E-state index contributed by atoms with van der Waals surface area (Å²) in [6.07, 6.45) is 10.5. The van der Waals surface area contributed by atoms with Crippen molar-refractivity contribution in [3.05, 3.63) is 66.5 Å². The van der Waals surface area contributed by atoms with E-state index in [1.165, 1.54) is 0 Å². The van der Waals surface area contributed by atoms with Crippen molar-refractivity contribution < 1.29 is 4.79 Å². The average Bonchev–Trinajstić information content (AvgIpc) is 3.56. The van der Waals surface area contributed by atoms with Gasteiger partial charge in [0.2, 0.25) is 0 Å². The van der Waals surface area contributed by atoms with Gasteiger partial charge in [-0.1, -0.05) is 0 Å². The highest BCUT2D eigenvalue weighted by molar-refractivity contribution is 5.98. The van der Waals surface area contributed by atoms with Crippen LogP contribution >= 0.6 is 0 Å². The van der Waals surface area contributed by atoms with Crippen molar-refractivity contribution in [3.63, 3.8) is 0 Å². The molecule has 8 nitrogen and oxygen atoms in total. The lowest BCUT2D eigenvalue weighted by Crippen LogP contribution is -2.44. The average molecular weight is 425 g/mol. The van der Waals surface area contributed by atoms with Gasteiger partial charge >= 0.3 is 0 Å². The number of anilines is 1. The number of pyridine rings is 3. The van der Waals surface area contributed by atoms with Crippen LogP contribution in [0, 0.1) is 0 Å². The first kappa shape index (κ1) is 19.1. The van der Waals surface area contributed by atoms with Gasteiger partial charge in [-0.2, -0.15) is 5.10 Å². The number of Topliss-reactive ketones (excluding diaryl/α,β-unsaturated/α-hetero) is 1. The summed E-state index contributed by atoms with van der Waals surface area (Å²) < 4.78 is 1.75. The molecule has 2 fully saturated rings. The first-order valence-corrected chi connectivity index (χ1v) is 10.9. The Kier molecular flexibility index (Phi) is 4.46. The van der Waals surface area contributed by atoms with E-state index in [9.17, 15) is 4.79 Å².